The summed E-state index contributed by atoms with van der Waals surface area (Å²) in [5.74, 6) is 0.711. The molecule has 2 aromatic rings. The first-order chi connectivity index (χ1) is 10.3. The van der Waals surface area contributed by atoms with Gasteiger partial charge in [-0.2, -0.15) is 5.10 Å². The minimum Gasteiger partial charge on any atom is -0.326 e. The first-order valence-corrected chi connectivity index (χ1v) is 7.51. The molecule has 0 saturated heterocycles. The van der Waals surface area contributed by atoms with Gasteiger partial charge in [0.25, 0.3) is 0 Å². The number of carbonyl (C=O) groups is 1. The van der Waals surface area contributed by atoms with Crippen LogP contribution in [-0.2, 0) is 11.3 Å². The number of aromatic nitrogens is 3. The molecular formula is C16H20N4O. The van der Waals surface area contributed by atoms with Crippen LogP contribution in [0.3, 0.4) is 0 Å². The van der Waals surface area contributed by atoms with Crippen molar-refractivity contribution in [3.63, 3.8) is 0 Å². The monoisotopic (exact) mass is 284 g/mol. The van der Waals surface area contributed by atoms with E-state index in [0.29, 0.717) is 18.9 Å². The maximum Gasteiger partial charge on any atom is 0.224 e. The van der Waals surface area contributed by atoms with E-state index in [1.54, 1.807) is 11.0 Å². The summed E-state index contributed by atoms with van der Waals surface area (Å²) < 4.78 is 1.77. The third kappa shape index (κ3) is 3.90. The summed E-state index contributed by atoms with van der Waals surface area (Å²) in [5.41, 5.74) is 2.00. The predicted octanol–water partition coefficient (Wildman–Crippen LogP) is 2.85. The van der Waals surface area contributed by atoms with Crippen molar-refractivity contribution in [3.8, 4) is 0 Å². The summed E-state index contributed by atoms with van der Waals surface area (Å²) in [6.07, 6.45) is 8.81. The molecule has 110 valence electrons. The Morgan fingerprint density at radius 3 is 2.67 bits per heavy atom. The molecule has 21 heavy (non-hydrogen) atoms. The maximum absolute atomic E-state index is 12.0. The van der Waals surface area contributed by atoms with Crippen molar-refractivity contribution in [2.45, 2.75) is 38.6 Å². The Kier molecular flexibility index (Phi) is 4.28. The van der Waals surface area contributed by atoms with Crippen molar-refractivity contribution in [2.75, 3.05) is 5.32 Å². The Morgan fingerprint density at radius 2 is 2.00 bits per heavy atom. The summed E-state index contributed by atoms with van der Waals surface area (Å²) in [6.45, 7) is 0.691. The molecule has 0 radical (unpaired) electrons. The molecule has 1 heterocycles. The van der Waals surface area contributed by atoms with Crippen LogP contribution in [0.5, 0.6) is 0 Å². The van der Waals surface area contributed by atoms with Crippen molar-refractivity contribution in [1.29, 1.82) is 0 Å². The fourth-order valence-corrected chi connectivity index (χ4v) is 2.88. The van der Waals surface area contributed by atoms with Crippen LogP contribution in [0.1, 0.15) is 37.7 Å². The van der Waals surface area contributed by atoms with Gasteiger partial charge in [0.1, 0.15) is 12.7 Å². The van der Waals surface area contributed by atoms with Gasteiger partial charge in [-0.05, 0) is 36.5 Å². The molecule has 0 unspecified atom stereocenters. The number of anilines is 1. The van der Waals surface area contributed by atoms with Crippen LogP contribution in [0.2, 0.25) is 0 Å². The van der Waals surface area contributed by atoms with E-state index in [2.05, 4.69) is 15.4 Å². The minimum absolute atomic E-state index is 0.130. The lowest BCUT2D eigenvalue weighted by atomic mass is 10.0. The van der Waals surface area contributed by atoms with Crippen molar-refractivity contribution in [3.05, 3.63) is 42.5 Å². The highest BCUT2D eigenvalue weighted by molar-refractivity contribution is 5.90. The first-order valence-electron chi connectivity index (χ1n) is 7.51. The smallest absolute Gasteiger partial charge is 0.224 e. The summed E-state index contributed by atoms with van der Waals surface area (Å²) in [5, 5.41) is 7.06. The number of rotatable bonds is 5. The van der Waals surface area contributed by atoms with E-state index in [1.807, 2.05) is 24.3 Å². The molecule has 1 aliphatic rings. The second-order valence-corrected chi connectivity index (χ2v) is 5.69. The molecule has 0 aliphatic heterocycles. The third-order valence-electron chi connectivity index (χ3n) is 4.00. The Bertz CT molecular complexity index is 571. The van der Waals surface area contributed by atoms with Crippen molar-refractivity contribution >= 4 is 11.6 Å². The Balaban J connectivity index is 1.52. The Morgan fingerprint density at radius 1 is 1.24 bits per heavy atom. The first kappa shape index (κ1) is 13.8. The van der Waals surface area contributed by atoms with Crippen LogP contribution < -0.4 is 5.32 Å². The van der Waals surface area contributed by atoms with Gasteiger partial charge in [0, 0.05) is 12.1 Å². The van der Waals surface area contributed by atoms with E-state index >= 15 is 0 Å². The lowest BCUT2D eigenvalue weighted by Gasteiger charge is -2.10. The highest BCUT2D eigenvalue weighted by Gasteiger charge is 2.18. The fraction of sp³-hybridized carbons (Fsp3) is 0.438. The minimum atomic E-state index is 0.130. The molecule has 1 amide bonds. The van der Waals surface area contributed by atoms with Gasteiger partial charge in [0.2, 0.25) is 5.91 Å². The van der Waals surface area contributed by atoms with Gasteiger partial charge in [-0.15, -0.1) is 0 Å². The number of amides is 1. The predicted molar refractivity (Wildman–Crippen MR) is 80.8 cm³/mol. The zero-order chi connectivity index (χ0) is 14.5. The molecule has 0 atom stereocenters. The van der Waals surface area contributed by atoms with Crippen LogP contribution in [0.25, 0.3) is 0 Å². The average molecular weight is 284 g/mol. The van der Waals surface area contributed by atoms with E-state index in [9.17, 15) is 4.79 Å². The number of benzene rings is 1. The van der Waals surface area contributed by atoms with E-state index < -0.39 is 0 Å². The zero-order valence-corrected chi connectivity index (χ0v) is 12.0. The SMILES string of the molecule is O=C(CC1CCCC1)Nc1ccc(Cn2cncn2)cc1. The molecule has 1 aromatic heterocycles. The third-order valence-corrected chi connectivity index (χ3v) is 4.00. The van der Waals surface area contributed by atoms with Gasteiger partial charge in [0.05, 0.1) is 6.54 Å². The van der Waals surface area contributed by atoms with Crippen LogP contribution in [0.4, 0.5) is 5.69 Å². The van der Waals surface area contributed by atoms with Gasteiger partial charge in [-0.1, -0.05) is 25.0 Å². The van der Waals surface area contributed by atoms with Crippen molar-refractivity contribution < 1.29 is 4.79 Å². The largest absolute Gasteiger partial charge is 0.326 e. The zero-order valence-electron chi connectivity index (χ0n) is 12.0. The topological polar surface area (TPSA) is 59.8 Å². The highest BCUT2D eigenvalue weighted by Crippen LogP contribution is 2.27. The number of nitrogens with one attached hydrogen (secondary N) is 1. The summed E-state index contributed by atoms with van der Waals surface area (Å²) in [4.78, 5) is 15.9. The molecule has 1 fully saturated rings. The van der Waals surface area contributed by atoms with E-state index in [0.717, 1.165) is 11.3 Å². The second-order valence-electron chi connectivity index (χ2n) is 5.69. The summed E-state index contributed by atoms with van der Waals surface area (Å²) >= 11 is 0. The number of hydrogen-bond donors (Lipinski definition) is 1. The lowest BCUT2D eigenvalue weighted by Crippen LogP contribution is -2.15. The molecule has 1 aliphatic carbocycles. The summed E-state index contributed by atoms with van der Waals surface area (Å²) in [7, 11) is 0. The number of nitrogens with zero attached hydrogens (tertiary/aromatic N) is 3. The quantitative estimate of drug-likeness (QED) is 0.918. The molecule has 1 aromatic carbocycles. The van der Waals surface area contributed by atoms with Gasteiger partial charge in [0.15, 0.2) is 0 Å². The highest BCUT2D eigenvalue weighted by atomic mass is 16.1. The Hall–Kier alpha value is -2.17. The molecule has 3 rings (SSSR count). The molecule has 0 bridgehead atoms. The van der Waals surface area contributed by atoms with E-state index in [1.165, 1.54) is 32.0 Å². The molecule has 5 heteroatoms. The van der Waals surface area contributed by atoms with Gasteiger partial charge in [-0.3, -0.25) is 4.79 Å². The average Bonchev–Trinajstić information content (AvgIpc) is 3.14. The standard InChI is InChI=1S/C16H20N4O/c21-16(9-13-3-1-2-4-13)19-15-7-5-14(6-8-15)10-20-12-17-11-18-20/h5-8,11-13H,1-4,9-10H2,(H,19,21). The molecule has 1 N–H and O–H groups in total. The molecule has 1 saturated carbocycles. The number of carbonyl (C=O) groups excluding carboxylic acids is 1. The lowest BCUT2D eigenvalue weighted by molar-refractivity contribution is -0.117. The molecule has 0 spiro atoms. The van der Waals surface area contributed by atoms with Crippen molar-refractivity contribution in [1.82, 2.24) is 14.8 Å². The second kappa shape index (κ2) is 6.52. The number of hydrogen-bond acceptors (Lipinski definition) is 3. The Labute approximate surface area is 124 Å². The van der Waals surface area contributed by atoms with E-state index in [4.69, 9.17) is 0 Å². The molecule has 5 nitrogen and oxygen atoms in total. The van der Waals surface area contributed by atoms with Crippen LogP contribution in [-0.4, -0.2) is 20.7 Å². The van der Waals surface area contributed by atoms with Gasteiger partial charge >= 0.3 is 0 Å². The van der Waals surface area contributed by atoms with Gasteiger partial charge in [-0.25, -0.2) is 9.67 Å². The molecular weight excluding hydrogens is 264 g/mol. The summed E-state index contributed by atoms with van der Waals surface area (Å²) in [6, 6.07) is 7.90. The van der Waals surface area contributed by atoms with Crippen LogP contribution in [0, 0.1) is 5.92 Å². The fourth-order valence-electron chi connectivity index (χ4n) is 2.88. The van der Waals surface area contributed by atoms with Crippen LogP contribution in [0.15, 0.2) is 36.9 Å². The van der Waals surface area contributed by atoms with E-state index in [-0.39, 0.29) is 5.91 Å². The van der Waals surface area contributed by atoms with Crippen molar-refractivity contribution in [2.24, 2.45) is 5.92 Å². The maximum atomic E-state index is 12.0. The normalized spacial score (nSPS) is 15.2. The van der Waals surface area contributed by atoms with Gasteiger partial charge < -0.3 is 5.32 Å². The van der Waals surface area contributed by atoms with Crippen LogP contribution >= 0.6 is 0 Å².